The fraction of sp³-hybridized carbons (Fsp3) is 0.333. The molecule has 2 aromatic heterocycles. The summed E-state index contributed by atoms with van der Waals surface area (Å²) < 4.78 is 18.6. The van der Waals surface area contributed by atoms with Crippen molar-refractivity contribution in [3.8, 4) is 23.1 Å². The molecule has 2 aliphatic rings. The third-order valence-electron chi connectivity index (χ3n) is 7.35. The highest BCUT2D eigenvalue weighted by Gasteiger charge is 2.30. The standard InChI is InChI=1S/C30H33N7O4/c1-39-25-5-2-22(3-6-25)17-32-30(38)15-24-19-35(18-23-4-7-26-27(14-23)41-13-12-40-26)10-11-37(24)29-16-28(33-20-34-29)36-9-8-31-21-36/h2-9,14,16,20-21,24H,10-13,15,17-19H2,1H3,(H,32,38). The van der Waals surface area contributed by atoms with E-state index in [0.717, 1.165) is 59.6 Å². The summed E-state index contributed by atoms with van der Waals surface area (Å²) in [5, 5.41) is 3.09. The van der Waals surface area contributed by atoms with Gasteiger partial charge < -0.3 is 24.4 Å². The van der Waals surface area contributed by atoms with Crippen LogP contribution in [0, 0.1) is 0 Å². The third-order valence-corrected chi connectivity index (χ3v) is 7.35. The minimum Gasteiger partial charge on any atom is -0.497 e. The van der Waals surface area contributed by atoms with Crippen molar-refractivity contribution >= 4 is 11.7 Å². The predicted octanol–water partition coefficient (Wildman–Crippen LogP) is 2.84. The number of nitrogens with zero attached hydrogens (tertiary/aromatic N) is 6. The lowest BCUT2D eigenvalue weighted by molar-refractivity contribution is -0.121. The average molecular weight is 556 g/mol. The van der Waals surface area contributed by atoms with Gasteiger partial charge in [0, 0.05) is 57.6 Å². The maximum absolute atomic E-state index is 13.2. The van der Waals surface area contributed by atoms with Crippen molar-refractivity contribution in [1.82, 2.24) is 29.7 Å². The van der Waals surface area contributed by atoms with Gasteiger partial charge >= 0.3 is 0 Å². The van der Waals surface area contributed by atoms with Crippen molar-refractivity contribution in [2.24, 2.45) is 0 Å². The Morgan fingerprint density at radius 3 is 2.61 bits per heavy atom. The van der Waals surface area contributed by atoms with Crippen LogP contribution >= 0.6 is 0 Å². The zero-order valence-corrected chi connectivity index (χ0v) is 23.0. The van der Waals surface area contributed by atoms with E-state index in [4.69, 9.17) is 14.2 Å². The van der Waals surface area contributed by atoms with Gasteiger partial charge in [0.2, 0.25) is 5.91 Å². The van der Waals surface area contributed by atoms with Crippen LogP contribution in [0.4, 0.5) is 5.82 Å². The molecule has 4 heterocycles. The molecule has 6 rings (SSSR count). The van der Waals surface area contributed by atoms with Gasteiger partial charge in [-0.25, -0.2) is 15.0 Å². The largest absolute Gasteiger partial charge is 0.497 e. The molecular weight excluding hydrogens is 522 g/mol. The first-order valence-corrected chi connectivity index (χ1v) is 13.7. The molecule has 11 heteroatoms. The van der Waals surface area contributed by atoms with Gasteiger partial charge in [0.25, 0.3) is 0 Å². The molecule has 2 aromatic carbocycles. The first kappa shape index (κ1) is 26.6. The van der Waals surface area contributed by atoms with E-state index < -0.39 is 0 Å². The number of nitrogens with one attached hydrogen (secondary N) is 1. The van der Waals surface area contributed by atoms with Gasteiger partial charge in [-0.15, -0.1) is 0 Å². The second-order valence-electron chi connectivity index (χ2n) is 10.1. The molecule has 4 aromatic rings. The molecule has 41 heavy (non-hydrogen) atoms. The Balaban J connectivity index is 1.17. The van der Waals surface area contributed by atoms with E-state index >= 15 is 0 Å². The van der Waals surface area contributed by atoms with Gasteiger partial charge in [0.1, 0.15) is 43.3 Å². The highest BCUT2D eigenvalue weighted by atomic mass is 16.6. The summed E-state index contributed by atoms with van der Waals surface area (Å²) >= 11 is 0. The van der Waals surface area contributed by atoms with Crippen LogP contribution in [0.2, 0.25) is 0 Å². The van der Waals surface area contributed by atoms with Crippen LogP contribution < -0.4 is 24.4 Å². The minimum atomic E-state index is -0.0811. The average Bonchev–Trinajstić information content (AvgIpc) is 3.56. The normalized spacial score (nSPS) is 16.8. The molecule has 2 aliphatic heterocycles. The maximum atomic E-state index is 13.2. The molecule has 0 aliphatic carbocycles. The summed E-state index contributed by atoms with van der Waals surface area (Å²) in [6, 6.07) is 15.7. The van der Waals surface area contributed by atoms with Crippen LogP contribution in [0.5, 0.6) is 17.2 Å². The van der Waals surface area contributed by atoms with Crippen LogP contribution in [0.1, 0.15) is 17.5 Å². The molecule has 11 nitrogen and oxygen atoms in total. The fourth-order valence-corrected chi connectivity index (χ4v) is 5.24. The zero-order chi connectivity index (χ0) is 28.0. The van der Waals surface area contributed by atoms with Gasteiger partial charge in [-0.2, -0.15) is 0 Å². The highest BCUT2D eigenvalue weighted by Crippen LogP contribution is 2.31. The van der Waals surface area contributed by atoms with E-state index in [1.54, 1.807) is 26.0 Å². The zero-order valence-electron chi connectivity index (χ0n) is 23.0. The number of anilines is 1. The van der Waals surface area contributed by atoms with Crippen molar-refractivity contribution in [1.29, 1.82) is 0 Å². The summed E-state index contributed by atoms with van der Waals surface area (Å²) in [5.41, 5.74) is 2.16. The Morgan fingerprint density at radius 1 is 1.00 bits per heavy atom. The topological polar surface area (TPSA) is 107 Å². The smallest absolute Gasteiger partial charge is 0.222 e. The molecule has 1 unspecified atom stereocenters. The number of hydrogen-bond acceptors (Lipinski definition) is 9. The van der Waals surface area contributed by atoms with Crippen LogP contribution in [0.15, 0.2) is 73.6 Å². The van der Waals surface area contributed by atoms with Gasteiger partial charge in [0.15, 0.2) is 11.5 Å². The number of aromatic nitrogens is 4. The molecule has 0 bridgehead atoms. The summed E-state index contributed by atoms with van der Waals surface area (Å²) in [5.74, 6) is 3.87. The van der Waals surface area contributed by atoms with Gasteiger partial charge in [-0.3, -0.25) is 14.3 Å². The lowest BCUT2D eigenvalue weighted by Gasteiger charge is -2.42. The van der Waals surface area contributed by atoms with Gasteiger partial charge in [-0.1, -0.05) is 18.2 Å². The molecule has 212 valence electrons. The molecule has 1 fully saturated rings. The number of ether oxygens (including phenoxy) is 3. The summed E-state index contributed by atoms with van der Waals surface area (Å²) in [6.45, 7) is 4.58. The number of fused-ring (bicyclic) bond motifs is 1. The molecular formula is C30H33N7O4. The summed E-state index contributed by atoms with van der Waals surface area (Å²) in [6.07, 6.45) is 7.17. The monoisotopic (exact) mass is 555 g/mol. The number of imidazole rings is 1. The van der Waals surface area contributed by atoms with Crippen LogP contribution in [0.25, 0.3) is 5.82 Å². The number of hydrogen-bond donors (Lipinski definition) is 1. The molecule has 1 saturated heterocycles. The SMILES string of the molecule is COc1ccc(CNC(=O)CC2CN(Cc3ccc4c(c3)OCCO4)CCN2c2cc(-n3ccnc3)ncn2)cc1. The number of amides is 1. The van der Waals surface area contributed by atoms with E-state index in [1.807, 2.05) is 47.2 Å². The lowest BCUT2D eigenvalue weighted by atomic mass is 10.1. The third kappa shape index (κ3) is 6.41. The van der Waals surface area contributed by atoms with Crippen molar-refractivity contribution in [3.05, 3.63) is 84.7 Å². The Bertz CT molecular complexity index is 1460. The van der Waals surface area contributed by atoms with E-state index in [0.29, 0.717) is 32.7 Å². The second-order valence-corrected chi connectivity index (χ2v) is 10.1. The highest BCUT2D eigenvalue weighted by molar-refractivity contribution is 5.77. The quantitative estimate of drug-likeness (QED) is 0.334. The van der Waals surface area contributed by atoms with Crippen LogP contribution in [0.3, 0.4) is 0 Å². The molecule has 1 N–H and O–H groups in total. The fourth-order valence-electron chi connectivity index (χ4n) is 5.24. The maximum Gasteiger partial charge on any atom is 0.222 e. The number of carbonyl (C=O) groups excluding carboxylic acids is 1. The van der Waals surface area contributed by atoms with Crippen molar-refractivity contribution < 1.29 is 19.0 Å². The first-order valence-electron chi connectivity index (χ1n) is 13.7. The van der Waals surface area contributed by atoms with Crippen molar-refractivity contribution in [3.63, 3.8) is 0 Å². The van der Waals surface area contributed by atoms with E-state index in [-0.39, 0.29) is 11.9 Å². The number of piperazine rings is 1. The molecule has 0 spiro atoms. The first-order chi connectivity index (χ1) is 20.1. The van der Waals surface area contributed by atoms with E-state index in [1.165, 1.54) is 0 Å². The number of methoxy groups -OCH3 is 1. The predicted molar refractivity (Wildman–Crippen MR) is 152 cm³/mol. The summed E-state index contributed by atoms with van der Waals surface area (Å²) in [4.78, 5) is 30.9. The Morgan fingerprint density at radius 2 is 1.80 bits per heavy atom. The second kappa shape index (κ2) is 12.3. The summed E-state index contributed by atoms with van der Waals surface area (Å²) in [7, 11) is 1.64. The van der Waals surface area contributed by atoms with Crippen molar-refractivity contribution in [2.45, 2.75) is 25.6 Å². The van der Waals surface area contributed by atoms with Crippen LogP contribution in [-0.2, 0) is 17.9 Å². The lowest BCUT2D eigenvalue weighted by Crippen LogP contribution is -2.54. The van der Waals surface area contributed by atoms with E-state index in [2.05, 4.69) is 42.2 Å². The van der Waals surface area contributed by atoms with Crippen LogP contribution in [-0.4, -0.2) is 76.3 Å². The van der Waals surface area contributed by atoms with Gasteiger partial charge in [-0.05, 0) is 35.4 Å². The number of carbonyl (C=O) groups is 1. The van der Waals surface area contributed by atoms with Gasteiger partial charge in [0.05, 0.1) is 13.2 Å². The Kier molecular flexibility index (Phi) is 7.94. The Hall–Kier alpha value is -4.64. The molecule has 1 atom stereocenters. The Labute approximate surface area is 238 Å². The number of benzene rings is 2. The molecule has 0 saturated carbocycles. The van der Waals surface area contributed by atoms with E-state index in [9.17, 15) is 4.79 Å². The number of rotatable bonds is 9. The molecule has 1 amide bonds. The van der Waals surface area contributed by atoms with Crippen molar-refractivity contribution in [2.75, 3.05) is 44.9 Å². The minimum absolute atomic E-state index is 0.0131. The molecule has 0 radical (unpaired) electrons.